The summed E-state index contributed by atoms with van der Waals surface area (Å²) < 4.78 is 7.46. The number of rotatable bonds is 7. The second-order valence-corrected chi connectivity index (χ2v) is 8.58. The number of amides is 1. The largest absolute Gasteiger partial charge is 0.497 e. The lowest BCUT2D eigenvalue weighted by Crippen LogP contribution is -2.26. The Hall–Kier alpha value is -3.60. The highest BCUT2D eigenvalue weighted by atomic mass is 16.5. The van der Waals surface area contributed by atoms with Crippen LogP contribution in [-0.2, 0) is 13.0 Å². The lowest BCUT2D eigenvalue weighted by molar-refractivity contribution is 0.0954. The van der Waals surface area contributed by atoms with Crippen molar-refractivity contribution in [2.45, 2.75) is 40.7 Å². The number of methoxy groups -OCH3 is 1. The molecule has 1 heterocycles. The number of hydrogen-bond acceptors (Lipinski definition) is 3. The van der Waals surface area contributed by atoms with Crippen molar-refractivity contribution in [3.05, 3.63) is 93.8 Å². The van der Waals surface area contributed by atoms with Gasteiger partial charge in [0.15, 0.2) is 0 Å². The number of carbonyl (C=O) groups is 1. The topological polar surface area (TPSA) is 56.1 Å². The average Bonchev–Trinajstić information content (AvgIpc) is 3.17. The Morgan fingerprint density at radius 3 is 2.30 bits per heavy atom. The average molecular weight is 442 g/mol. The molecule has 0 atom stereocenters. The van der Waals surface area contributed by atoms with Crippen LogP contribution in [0.4, 0.5) is 0 Å². The standard InChI is InChI=1S/C28H31N3O2/c1-18-16-19(2)21(4)24(20(18)3)17-31-26-9-7-6-8-25(26)30-27(31)14-15-29-28(32)22-10-12-23(33-5)13-11-22/h6-13,16H,14-15,17H2,1-5H3,(H,29,32). The van der Waals surface area contributed by atoms with Crippen molar-refractivity contribution in [2.75, 3.05) is 13.7 Å². The second-order valence-electron chi connectivity index (χ2n) is 8.58. The molecule has 170 valence electrons. The fourth-order valence-corrected chi connectivity index (χ4v) is 4.32. The van der Waals surface area contributed by atoms with Gasteiger partial charge in [0.2, 0.25) is 0 Å². The molecular formula is C28H31N3O2. The number of aromatic nitrogens is 2. The molecule has 1 aromatic heterocycles. The maximum absolute atomic E-state index is 12.6. The van der Waals surface area contributed by atoms with Gasteiger partial charge >= 0.3 is 0 Å². The monoisotopic (exact) mass is 441 g/mol. The molecule has 4 aromatic rings. The highest BCUT2D eigenvalue weighted by molar-refractivity contribution is 5.94. The number of ether oxygens (including phenoxy) is 1. The summed E-state index contributed by atoms with van der Waals surface area (Å²) in [5.41, 5.74) is 9.34. The van der Waals surface area contributed by atoms with Crippen LogP contribution in [-0.4, -0.2) is 29.1 Å². The lowest BCUT2D eigenvalue weighted by atomic mass is 9.94. The van der Waals surface area contributed by atoms with E-state index in [0.717, 1.165) is 29.2 Å². The van der Waals surface area contributed by atoms with Crippen LogP contribution in [0.3, 0.4) is 0 Å². The molecule has 0 aliphatic carbocycles. The van der Waals surface area contributed by atoms with Crippen LogP contribution in [0.5, 0.6) is 5.75 Å². The Balaban J connectivity index is 1.57. The quantitative estimate of drug-likeness (QED) is 0.423. The number of imidazole rings is 1. The molecular weight excluding hydrogens is 410 g/mol. The summed E-state index contributed by atoms with van der Waals surface area (Å²) in [6, 6.07) is 17.6. The molecule has 0 bridgehead atoms. The molecule has 0 spiro atoms. The van der Waals surface area contributed by atoms with Crippen molar-refractivity contribution in [1.29, 1.82) is 0 Å². The molecule has 33 heavy (non-hydrogen) atoms. The summed E-state index contributed by atoms with van der Waals surface area (Å²) in [5.74, 6) is 1.61. The van der Waals surface area contributed by atoms with Crippen LogP contribution in [0.2, 0.25) is 0 Å². The van der Waals surface area contributed by atoms with E-state index in [2.05, 4.69) is 55.8 Å². The number of fused-ring (bicyclic) bond motifs is 1. The molecule has 0 fully saturated rings. The summed E-state index contributed by atoms with van der Waals surface area (Å²) >= 11 is 0. The highest BCUT2D eigenvalue weighted by Crippen LogP contribution is 2.25. The van der Waals surface area contributed by atoms with Gasteiger partial charge in [0.1, 0.15) is 11.6 Å². The zero-order valence-electron chi connectivity index (χ0n) is 20.0. The smallest absolute Gasteiger partial charge is 0.251 e. The van der Waals surface area contributed by atoms with Gasteiger partial charge in [-0.1, -0.05) is 18.2 Å². The van der Waals surface area contributed by atoms with E-state index >= 15 is 0 Å². The summed E-state index contributed by atoms with van der Waals surface area (Å²) in [6.07, 6.45) is 0.652. The number of benzene rings is 3. The SMILES string of the molecule is COc1ccc(C(=O)NCCc2nc3ccccc3n2Cc2c(C)c(C)cc(C)c2C)cc1. The van der Waals surface area contributed by atoms with Gasteiger partial charge in [-0.25, -0.2) is 4.98 Å². The first-order valence-electron chi connectivity index (χ1n) is 11.3. The molecule has 3 aromatic carbocycles. The molecule has 0 saturated heterocycles. The Bertz CT molecular complexity index is 1280. The van der Waals surface area contributed by atoms with Gasteiger partial charge in [-0.3, -0.25) is 4.79 Å². The summed E-state index contributed by atoms with van der Waals surface area (Å²) in [4.78, 5) is 17.5. The van der Waals surface area contributed by atoms with E-state index in [9.17, 15) is 4.79 Å². The molecule has 1 N–H and O–H groups in total. The third kappa shape index (κ3) is 4.63. The highest BCUT2D eigenvalue weighted by Gasteiger charge is 2.15. The van der Waals surface area contributed by atoms with Crippen molar-refractivity contribution >= 4 is 16.9 Å². The normalized spacial score (nSPS) is 11.1. The molecule has 0 radical (unpaired) electrons. The molecule has 0 unspecified atom stereocenters. The van der Waals surface area contributed by atoms with Gasteiger partial charge in [0.05, 0.1) is 18.1 Å². The Morgan fingerprint density at radius 1 is 0.970 bits per heavy atom. The molecule has 5 nitrogen and oxygen atoms in total. The Labute approximate surface area is 195 Å². The van der Waals surface area contributed by atoms with Crippen molar-refractivity contribution in [2.24, 2.45) is 0 Å². The van der Waals surface area contributed by atoms with Gasteiger partial charge in [0.25, 0.3) is 5.91 Å². The summed E-state index contributed by atoms with van der Waals surface area (Å²) in [5, 5.41) is 3.03. The molecule has 0 aliphatic rings. The predicted octanol–water partition coefficient (Wildman–Crippen LogP) is 5.30. The zero-order chi connectivity index (χ0) is 23.5. The van der Waals surface area contributed by atoms with E-state index in [1.54, 1.807) is 31.4 Å². The van der Waals surface area contributed by atoms with E-state index in [1.165, 1.54) is 27.8 Å². The molecule has 5 heteroatoms. The maximum Gasteiger partial charge on any atom is 0.251 e. The van der Waals surface area contributed by atoms with Crippen molar-refractivity contribution in [3.63, 3.8) is 0 Å². The van der Waals surface area contributed by atoms with Gasteiger partial charge in [0, 0.05) is 25.1 Å². The Morgan fingerprint density at radius 2 is 1.64 bits per heavy atom. The minimum atomic E-state index is -0.0960. The molecule has 0 saturated carbocycles. The van der Waals surface area contributed by atoms with E-state index in [4.69, 9.17) is 9.72 Å². The first kappa shape index (κ1) is 22.6. The first-order valence-corrected chi connectivity index (χ1v) is 11.3. The van der Waals surface area contributed by atoms with Crippen molar-refractivity contribution in [1.82, 2.24) is 14.9 Å². The second kappa shape index (κ2) is 9.49. The van der Waals surface area contributed by atoms with Gasteiger partial charge in [-0.2, -0.15) is 0 Å². The van der Waals surface area contributed by atoms with Gasteiger partial charge in [-0.05, 0) is 91.9 Å². The summed E-state index contributed by atoms with van der Waals surface area (Å²) in [6.45, 7) is 10.0. The van der Waals surface area contributed by atoms with Crippen LogP contribution in [0, 0.1) is 27.7 Å². The van der Waals surface area contributed by atoms with E-state index < -0.39 is 0 Å². The van der Waals surface area contributed by atoms with E-state index in [1.807, 2.05) is 12.1 Å². The van der Waals surface area contributed by atoms with E-state index in [-0.39, 0.29) is 5.91 Å². The van der Waals surface area contributed by atoms with Crippen molar-refractivity contribution < 1.29 is 9.53 Å². The first-order chi connectivity index (χ1) is 15.9. The number of carbonyl (C=O) groups excluding carboxylic acids is 1. The lowest BCUT2D eigenvalue weighted by Gasteiger charge is -2.18. The zero-order valence-corrected chi connectivity index (χ0v) is 20.0. The predicted molar refractivity (Wildman–Crippen MR) is 133 cm³/mol. The minimum absolute atomic E-state index is 0.0960. The van der Waals surface area contributed by atoms with Crippen LogP contribution in [0.15, 0.2) is 54.6 Å². The number of hydrogen-bond donors (Lipinski definition) is 1. The third-order valence-corrected chi connectivity index (χ3v) is 6.56. The number of para-hydroxylation sites is 2. The number of nitrogens with zero attached hydrogens (tertiary/aromatic N) is 2. The minimum Gasteiger partial charge on any atom is -0.497 e. The maximum atomic E-state index is 12.6. The van der Waals surface area contributed by atoms with E-state index in [0.29, 0.717) is 18.5 Å². The molecule has 4 rings (SSSR count). The fourth-order valence-electron chi connectivity index (χ4n) is 4.32. The third-order valence-electron chi connectivity index (χ3n) is 6.56. The van der Waals surface area contributed by atoms with Gasteiger partial charge < -0.3 is 14.6 Å². The fraction of sp³-hybridized carbons (Fsp3) is 0.286. The molecule has 0 aliphatic heterocycles. The number of nitrogens with one attached hydrogen (secondary N) is 1. The van der Waals surface area contributed by atoms with Crippen molar-refractivity contribution in [3.8, 4) is 5.75 Å². The van der Waals surface area contributed by atoms with Crippen LogP contribution in [0.1, 0.15) is 44.0 Å². The van der Waals surface area contributed by atoms with Crippen LogP contribution >= 0.6 is 0 Å². The van der Waals surface area contributed by atoms with Crippen LogP contribution < -0.4 is 10.1 Å². The van der Waals surface area contributed by atoms with Crippen LogP contribution in [0.25, 0.3) is 11.0 Å². The Kier molecular flexibility index (Phi) is 6.50. The summed E-state index contributed by atoms with van der Waals surface area (Å²) in [7, 11) is 1.61. The number of aryl methyl sites for hydroxylation is 2. The van der Waals surface area contributed by atoms with Gasteiger partial charge in [-0.15, -0.1) is 0 Å². The molecule has 1 amide bonds.